The number of anilines is 4. The molecule has 3 rings (SSSR count). The van der Waals surface area contributed by atoms with Crippen molar-refractivity contribution in [3.63, 3.8) is 0 Å². The molecule has 0 unspecified atom stereocenters. The Morgan fingerprint density at radius 1 is 0.893 bits per heavy atom. The number of hydrogen-bond acceptors (Lipinski definition) is 7. The Hall–Kier alpha value is -3.61. The van der Waals surface area contributed by atoms with Crippen LogP contribution in [0.1, 0.15) is 24.2 Å². The van der Waals surface area contributed by atoms with Crippen LogP contribution in [0.25, 0.3) is 0 Å². The van der Waals surface area contributed by atoms with Crippen LogP contribution in [0.4, 0.5) is 23.0 Å². The van der Waals surface area contributed by atoms with Crippen LogP contribution in [0.2, 0.25) is 0 Å². The Labute approximate surface area is 163 Å². The van der Waals surface area contributed by atoms with Crippen LogP contribution in [-0.4, -0.2) is 29.2 Å². The molecule has 7 nitrogen and oxygen atoms in total. The Kier molecular flexibility index (Phi) is 6.06. The lowest BCUT2D eigenvalue weighted by atomic mass is 10.2. The predicted octanol–water partition coefficient (Wildman–Crippen LogP) is 4.54. The Morgan fingerprint density at radius 2 is 1.43 bits per heavy atom. The first-order valence-electron chi connectivity index (χ1n) is 8.84. The van der Waals surface area contributed by atoms with Gasteiger partial charge < -0.3 is 20.1 Å². The first-order chi connectivity index (χ1) is 13.5. The molecule has 0 bridgehead atoms. The highest BCUT2D eigenvalue weighted by Crippen LogP contribution is 2.22. The number of nitrogens with one attached hydrogen (secondary N) is 2. The van der Waals surface area contributed by atoms with Crippen LogP contribution in [0, 0.1) is 0 Å². The van der Waals surface area contributed by atoms with Gasteiger partial charge in [-0.1, -0.05) is 0 Å². The van der Waals surface area contributed by atoms with Gasteiger partial charge in [0.2, 0.25) is 0 Å². The lowest BCUT2D eigenvalue weighted by molar-refractivity contribution is 0.0601. The number of aromatic nitrogens is 2. The number of nitrogens with zero attached hydrogens (tertiary/aromatic N) is 2. The predicted molar refractivity (Wildman–Crippen MR) is 109 cm³/mol. The molecule has 0 fully saturated rings. The van der Waals surface area contributed by atoms with Crippen molar-refractivity contribution in [1.29, 1.82) is 0 Å². The second kappa shape index (κ2) is 8.85. The van der Waals surface area contributed by atoms with Crippen LogP contribution < -0.4 is 15.4 Å². The summed E-state index contributed by atoms with van der Waals surface area (Å²) in [5.41, 5.74) is 2.18. The molecule has 0 spiro atoms. The normalized spacial score (nSPS) is 10.4. The van der Waals surface area contributed by atoms with E-state index in [2.05, 4.69) is 20.6 Å². The molecule has 1 aromatic heterocycles. The Morgan fingerprint density at radius 3 is 1.93 bits per heavy atom. The van der Waals surface area contributed by atoms with Crippen LogP contribution in [-0.2, 0) is 4.74 Å². The largest absolute Gasteiger partial charge is 0.491 e. The molecule has 28 heavy (non-hydrogen) atoms. The van der Waals surface area contributed by atoms with Crippen molar-refractivity contribution in [2.75, 3.05) is 17.7 Å². The first kappa shape index (κ1) is 19.2. The topological polar surface area (TPSA) is 85.4 Å². The maximum absolute atomic E-state index is 11.5. The maximum Gasteiger partial charge on any atom is 0.337 e. The van der Waals surface area contributed by atoms with Gasteiger partial charge in [-0.25, -0.2) is 14.8 Å². The van der Waals surface area contributed by atoms with Gasteiger partial charge in [-0.15, -0.1) is 0 Å². The molecular formula is C21H22N4O3. The number of carbonyl (C=O) groups is 1. The summed E-state index contributed by atoms with van der Waals surface area (Å²) in [7, 11) is 1.36. The first-order valence-corrected chi connectivity index (χ1v) is 8.84. The SMILES string of the molecule is COC(=O)c1ccc(Nc2cc(Nc3ccc(OC(C)C)cc3)ncn2)cc1. The van der Waals surface area contributed by atoms with Gasteiger partial charge in [-0.2, -0.15) is 0 Å². The van der Waals surface area contributed by atoms with Crippen molar-refractivity contribution in [3.8, 4) is 5.75 Å². The van der Waals surface area contributed by atoms with Gasteiger partial charge in [-0.05, 0) is 62.4 Å². The summed E-state index contributed by atoms with van der Waals surface area (Å²) in [6.45, 7) is 3.98. The van der Waals surface area contributed by atoms with Crippen molar-refractivity contribution in [2.24, 2.45) is 0 Å². The molecule has 7 heteroatoms. The third kappa shape index (κ3) is 5.20. The minimum atomic E-state index is -0.370. The average Bonchev–Trinajstić information content (AvgIpc) is 2.69. The zero-order valence-corrected chi connectivity index (χ0v) is 16.0. The Bertz CT molecular complexity index is 925. The third-order valence-electron chi connectivity index (χ3n) is 3.74. The zero-order valence-electron chi connectivity index (χ0n) is 16.0. The molecule has 0 amide bonds. The van der Waals surface area contributed by atoms with E-state index in [1.54, 1.807) is 30.3 Å². The summed E-state index contributed by atoms with van der Waals surface area (Å²) in [6.07, 6.45) is 1.61. The summed E-state index contributed by atoms with van der Waals surface area (Å²) in [5.74, 6) is 1.73. The van der Waals surface area contributed by atoms with Gasteiger partial charge in [0.25, 0.3) is 0 Å². The third-order valence-corrected chi connectivity index (χ3v) is 3.74. The van der Waals surface area contributed by atoms with E-state index >= 15 is 0 Å². The molecule has 0 aliphatic carbocycles. The second-order valence-electron chi connectivity index (χ2n) is 6.30. The molecule has 0 saturated carbocycles. The van der Waals surface area contributed by atoms with Crippen molar-refractivity contribution < 1.29 is 14.3 Å². The fourth-order valence-electron chi connectivity index (χ4n) is 2.49. The number of methoxy groups -OCH3 is 1. The van der Waals surface area contributed by atoms with E-state index in [4.69, 9.17) is 9.47 Å². The van der Waals surface area contributed by atoms with Crippen molar-refractivity contribution >= 4 is 29.0 Å². The quantitative estimate of drug-likeness (QED) is 0.584. The van der Waals surface area contributed by atoms with Crippen LogP contribution >= 0.6 is 0 Å². The molecule has 144 valence electrons. The van der Waals surface area contributed by atoms with E-state index in [1.165, 1.54) is 13.4 Å². The van der Waals surface area contributed by atoms with E-state index in [-0.39, 0.29) is 12.1 Å². The number of esters is 1. The fourth-order valence-corrected chi connectivity index (χ4v) is 2.49. The van der Waals surface area contributed by atoms with E-state index in [0.717, 1.165) is 17.1 Å². The van der Waals surface area contributed by atoms with Gasteiger partial charge in [-0.3, -0.25) is 0 Å². The van der Waals surface area contributed by atoms with Gasteiger partial charge in [0.1, 0.15) is 23.7 Å². The molecule has 0 aliphatic heterocycles. The molecular weight excluding hydrogens is 356 g/mol. The van der Waals surface area contributed by atoms with Crippen molar-refractivity contribution in [3.05, 3.63) is 66.5 Å². The Balaban J connectivity index is 1.66. The minimum Gasteiger partial charge on any atom is -0.491 e. The van der Waals surface area contributed by atoms with E-state index in [1.807, 2.05) is 38.1 Å². The van der Waals surface area contributed by atoms with Crippen LogP contribution in [0.3, 0.4) is 0 Å². The molecule has 0 saturated heterocycles. The number of hydrogen-bond donors (Lipinski definition) is 2. The smallest absolute Gasteiger partial charge is 0.337 e. The van der Waals surface area contributed by atoms with E-state index in [9.17, 15) is 4.79 Å². The van der Waals surface area contributed by atoms with Gasteiger partial charge in [0, 0.05) is 17.4 Å². The zero-order chi connectivity index (χ0) is 19.9. The maximum atomic E-state index is 11.5. The molecule has 3 aromatic rings. The summed E-state index contributed by atoms with van der Waals surface area (Å²) in [5, 5.41) is 6.42. The van der Waals surface area contributed by atoms with Crippen molar-refractivity contribution in [2.45, 2.75) is 20.0 Å². The molecule has 2 N–H and O–H groups in total. The monoisotopic (exact) mass is 378 g/mol. The minimum absolute atomic E-state index is 0.135. The second-order valence-corrected chi connectivity index (χ2v) is 6.30. The van der Waals surface area contributed by atoms with E-state index in [0.29, 0.717) is 17.2 Å². The van der Waals surface area contributed by atoms with Gasteiger partial charge in [0.05, 0.1) is 18.8 Å². The number of carbonyl (C=O) groups excluding carboxylic acids is 1. The lowest BCUT2D eigenvalue weighted by Crippen LogP contribution is -2.05. The van der Waals surface area contributed by atoms with Crippen LogP contribution in [0.5, 0.6) is 5.75 Å². The number of ether oxygens (including phenoxy) is 2. The molecule has 0 atom stereocenters. The van der Waals surface area contributed by atoms with Gasteiger partial charge >= 0.3 is 5.97 Å². The summed E-state index contributed by atoms with van der Waals surface area (Å²) < 4.78 is 10.3. The summed E-state index contributed by atoms with van der Waals surface area (Å²) in [4.78, 5) is 20.0. The average molecular weight is 378 g/mol. The molecule has 1 heterocycles. The lowest BCUT2D eigenvalue weighted by Gasteiger charge is -2.11. The number of benzene rings is 2. The standard InChI is InChI=1S/C21H22N4O3/c1-14(2)28-18-10-8-17(9-11-18)25-20-12-19(22-13-23-20)24-16-6-4-15(5-7-16)21(26)27-3/h4-14H,1-3H3,(H2,22,23,24,25). The highest BCUT2D eigenvalue weighted by molar-refractivity contribution is 5.89. The molecule has 0 aliphatic rings. The highest BCUT2D eigenvalue weighted by atomic mass is 16.5. The fraction of sp³-hybridized carbons (Fsp3) is 0.190. The van der Waals surface area contributed by atoms with Crippen molar-refractivity contribution in [1.82, 2.24) is 9.97 Å². The van der Waals surface area contributed by atoms with Gasteiger partial charge in [0.15, 0.2) is 0 Å². The van der Waals surface area contributed by atoms with Crippen LogP contribution in [0.15, 0.2) is 60.9 Å². The van der Waals surface area contributed by atoms with E-state index < -0.39 is 0 Å². The summed E-state index contributed by atoms with van der Waals surface area (Å²) >= 11 is 0. The number of rotatable bonds is 7. The molecule has 0 radical (unpaired) electrons. The highest BCUT2D eigenvalue weighted by Gasteiger charge is 2.06. The molecule has 2 aromatic carbocycles. The summed E-state index contributed by atoms with van der Waals surface area (Å²) in [6, 6.07) is 16.4.